The molecule has 5 nitrogen and oxygen atoms in total. The van der Waals surface area contributed by atoms with Gasteiger partial charge in [0.2, 0.25) is 11.8 Å². The van der Waals surface area contributed by atoms with Gasteiger partial charge in [0.05, 0.1) is 6.04 Å². The van der Waals surface area contributed by atoms with E-state index >= 15 is 0 Å². The predicted molar refractivity (Wildman–Crippen MR) is 101 cm³/mol. The molecule has 0 aliphatic carbocycles. The van der Waals surface area contributed by atoms with Crippen LogP contribution in [0.2, 0.25) is 0 Å². The Hall–Kier alpha value is -3.08. The fourth-order valence-electron chi connectivity index (χ4n) is 3.08. The van der Waals surface area contributed by atoms with Crippen LogP contribution in [-0.2, 0) is 4.74 Å². The van der Waals surface area contributed by atoms with Gasteiger partial charge in [0, 0.05) is 17.0 Å². The normalized spacial score (nSPS) is 16.4. The molecule has 1 aromatic heterocycles. The van der Waals surface area contributed by atoms with E-state index in [0.717, 1.165) is 22.1 Å². The molecule has 0 radical (unpaired) electrons. The first-order valence-electron chi connectivity index (χ1n) is 8.59. The van der Waals surface area contributed by atoms with Gasteiger partial charge >= 0.3 is 0 Å². The van der Waals surface area contributed by atoms with Gasteiger partial charge < -0.3 is 14.6 Å². The number of pyridine rings is 1. The number of aliphatic imine (C=N–C) groups is 1. The molecule has 1 aliphatic heterocycles. The van der Waals surface area contributed by atoms with Crippen LogP contribution < -0.4 is 4.74 Å². The highest BCUT2D eigenvalue weighted by atomic mass is 16.5. The lowest BCUT2D eigenvalue weighted by Crippen LogP contribution is -2.02. The van der Waals surface area contributed by atoms with Crippen molar-refractivity contribution in [2.45, 2.75) is 26.8 Å². The summed E-state index contributed by atoms with van der Waals surface area (Å²) in [6.07, 6.45) is 0. The van der Waals surface area contributed by atoms with Gasteiger partial charge in [-0.05, 0) is 68.3 Å². The molecule has 0 amide bonds. The van der Waals surface area contributed by atoms with E-state index < -0.39 is 0 Å². The molecule has 26 heavy (non-hydrogen) atoms. The monoisotopic (exact) mass is 348 g/mol. The fourth-order valence-corrected chi connectivity index (χ4v) is 3.08. The van der Waals surface area contributed by atoms with Crippen LogP contribution >= 0.6 is 0 Å². The molecular formula is C21H20N2O3. The average Bonchev–Trinajstić information content (AvgIpc) is 3.01. The van der Waals surface area contributed by atoms with Crippen LogP contribution in [-0.4, -0.2) is 28.6 Å². The number of hydrogen-bond acceptors (Lipinski definition) is 5. The molecule has 0 unspecified atom stereocenters. The van der Waals surface area contributed by atoms with E-state index in [4.69, 9.17) is 9.47 Å². The molecule has 4 rings (SSSR count). The number of aromatic hydroxyl groups is 1. The smallest absolute Gasteiger partial charge is 0.219 e. The molecular weight excluding hydrogens is 328 g/mol. The Balaban J connectivity index is 1.68. The largest absolute Gasteiger partial charge is 0.506 e. The summed E-state index contributed by atoms with van der Waals surface area (Å²) in [5.41, 5.74) is 3.45. The van der Waals surface area contributed by atoms with Crippen molar-refractivity contribution in [1.29, 1.82) is 0 Å². The molecule has 0 fully saturated rings. The summed E-state index contributed by atoms with van der Waals surface area (Å²) in [7, 11) is 0. The second kappa shape index (κ2) is 6.33. The maximum atomic E-state index is 10.1. The molecule has 132 valence electrons. The first kappa shape index (κ1) is 16.4. The maximum Gasteiger partial charge on any atom is 0.219 e. The lowest BCUT2D eigenvalue weighted by molar-refractivity contribution is 0.324. The van der Waals surface area contributed by atoms with Crippen molar-refractivity contribution >= 4 is 16.8 Å². The van der Waals surface area contributed by atoms with Crippen molar-refractivity contribution in [1.82, 2.24) is 4.98 Å². The van der Waals surface area contributed by atoms with Gasteiger partial charge in [-0.15, -0.1) is 0 Å². The van der Waals surface area contributed by atoms with Crippen molar-refractivity contribution in [2.75, 3.05) is 6.61 Å². The van der Waals surface area contributed by atoms with E-state index in [1.165, 1.54) is 0 Å². The Bertz CT molecular complexity index is 1030. The summed E-state index contributed by atoms with van der Waals surface area (Å²) in [4.78, 5) is 8.95. The Morgan fingerprint density at radius 3 is 2.65 bits per heavy atom. The Morgan fingerprint density at radius 1 is 1.08 bits per heavy atom. The van der Waals surface area contributed by atoms with E-state index in [0.29, 0.717) is 29.7 Å². The quantitative estimate of drug-likeness (QED) is 0.756. The predicted octanol–water partition coefficient (Wildman–Crippen LogP) is 4.51. The number of rotatable bonds is 3. The van der Waals surface area contributed by atoms with Gasteiger partial charge in [0.25, 0.3) is 0 Å². The van der Waals surface area contributed by atoms with Crippen molar-refractivity contribution < 1.29 is 14.6 Å². The zero-order valence-corrected chi connectivity index (χ0v) is 15.0. The summed E-state index contributed by atoms with van der Waals surface area (Å²) in [6, 6.07) is 13.4. The van der Waals surface area contributed by atoms with Crippen LogP contribution in [0, 0.1) is 13.8 Å². The first-order chi connectivity index (χ1) is 12.5. The maximum absolute atomic E-state index is 10.1. The molecule has 1 N–H and O–H groups in total. The van der Waals surface area contributed by atoms with E-state index in [2.05, 4.69) is 9.98 Å². The topological polar surface area (TPSA) is 63.9 Å². The highest BCUT2D eigenvalue weighted by molar-refractivity contribution is 5.95. The Labute approximate surface area is 151 Å². The highest BCUT2D eigenvalue weighted by Crippen LogP contribution is 2.29. The van der Waals surface area contributed by atoms with Gasteiger partial charge in [-0.1, -0.05) is 0 Å². The van der Waals surface area contributed by atoms with E-state index in [9.17, 15) is 5.11 Å². The standard InChI is InChI=1S/C21H20N2O3/c1-12-7-16(21-22-14(3)11-25-21)10-17(8-12)26-19-5-4-15-6-13(2)9-18(24)20(15)23-19/h4-10,14,24H,11H2,1-3H3/t14-/m0/s1. The minimum absolute atomic E-state index is 0.151. The fraction of sp³-hybridized carbons (Fsp3) is 0.238. The number of aryl methyl sites for hydroxylation is 2. The number of aromatic nitrogens is 1. The van der Waals surface area contributed by atoms with Crippen LogP contribution in [0.5, 0.6) is 17.4 Å². The summed E-state index contributed by atoms with van der Waals surface area (Å²) in [6.45, 7) is 6.56. The lowest BCUT2D eigenvalue weighted by Gasteiger charge is -2.10. The summed E-state index contributed by atoms with van der Waals surface area (Å²) >= 11 is 0. The van der Waals surface area contributed by atoms with Gasteiger partial charge in [-0.25, -0.2) is 9.98 Å². The van der Waals surface area contributed by atoms with Gasteiger partial charge in [-0.3, -0.25) is 0 Å². The first-order valence-corrected chi connectivity index (χ1v) is 8.59. The number of hydrogen-bond donors (Lipinski definition) is 1. The number of ether oxygens (including phenoxy) is 2. The van der Waals surface area contributed by atoms with Gasteiger partial charge in [0.15, 0.2) is 0 Å². The molecule has 5 heteroatoms. The third-order valence-corrected chi connectivity index (χ3v) is 4.21. The number of benzene rings is 2. The van der Waals surface area contributed by atoms with Crippen molar-refractivity contribution in [3.05, 3.63) is 59.2 Å². The molecule has 1 atom stereocenters. The molecule has 2 aromatic carbocycles. The molecule has 0 bridgehead atoms. The molecule has 0 spiro atoms. The molecule has 0 saturated heterocycles. The zero-order chi connectivity index (χ0) is 18.3. The molecule has 2 heterocycles. The van der Waals surface area contributed by atoms with E-state index in [1.807, 2.05) is 51.1 Å². The molecule has 0 saturated carbocycles. The Morgan fingerprint density at radius 2 is 1.88 bits per heavy atom. The van der Waals surface area contributed by atoms with Crippen LogP contribution in [0.4, 0.5) is 0 Å². The van der Waals surface area contributed by atoms with Gasteiger partial charge in [-0.2, -0.15) is 0 Å². The van der Waals surface area contributed by atoms with Crippen LogP contribution in [0.25, 0.3) is 10.9 Å². The van der Waals surface area contributed by atoms with Crippen molar-refractivity contribution in [2.24, 2.45) is 4.99 Å². The van der Waals surface area contributed by atoms with Crippen LogP contribution in [0.3, 0.4) is 0 Å². The highest BCUT2D eigenvalue weighted by Gasteiger charge is 2.17. The minimum atomic E-state index is 0.151. The van der Waals surface area contributed by atoms with Crippen LogP contribution in [0.15, 0.2) is 47.5 Å². The Kier molecular flexibility index (Phi) is 3.99. The lowest BCUT2D eigenvalue weighted by atomic mass is 10.1. The molecule has 3 aromatic rings. The second-order valence-electron chi connectivity index (χ2n) is 6.74. The average molecular weight is 348 g/mol. The molecule has 1 aliphatic rings. The number of phenolic OH excluding ortho intramolecular Hbond substituents is 1. The number of fused-ring (bicyclic) bond motifs is 1. The minimum Gasteiger partial charge on any atom is -0.506 e. The summed E-state index contributed by atoms with van der Waals surface area (Å²) in [5.74, 6) is 1.88. The van der Waals surface area contributed by atoms with Crippen LogP contribution in [0.1, 0.15) is 23.6 Å². The van der Waals surface area contributed by atoms with Gasteiger partial charge in [0.1, 0.15) is 23.6 Å². The SMILES string of the molecule is Cc1cc(Oc2ccc3cc(C)cc(O)c3n2)cc(C2=N[C@@H](C)CO2)c1. The van der Waals surface area contributed by atoms with Crippen molar-refractivity contribution in [3.63, 3.8) is 0 Å². The second-order valence-corrected chi connectivity index (χ2v) is 6.74. The summed E-state index contributed by atoms with van der Waals surface area (Å²) in [5, 5.41) is 11.0. The van der Waals surface area contributed by atoms with E-state index in [1.54, 1.807) is 12.1 Å². The number of nitrogens with zero attached hydrogens (tertiary/aromatic N) is 2. The zero-order valence-electron chi connectivity index (χ0n) is 15.0. The van der Waals surface area contributed by atoms with E-state index in [-0.39, 0.29) is 11.8 Å². The van der Waals surface area contributed by atoms with Crippen molar-refractivity contribution in [3.8, 4) is 17.4 Å². The third-order valence-electron chi connectivity index (χ3n) is 4.21. The number of phenols is 1. The third kappa shape index (κ3) is 3.20. The summed E-state index contributed by atoms with van der Waals surface area (Å²) < 4.78 is 11.6.